The number of carbonyl (C=O) groups is 1. The largest absolute Gasteiger partial charge is 0.469 e. The number of aromatic nitrogens is 1. The molecular weight excluding hydrogens is 196 g/mol. The number of ether oxygens (including phenoxy) is 1. The van der Waals surface area contributed by atoms with E-state index in [0.717, 1.165) is 11.3 Å². The monoisotopic (exact) mass is 202 g/mol. The van der Waals surface area contributed by atoms with Gasteiger partial charge in [0.05, 0.1) is 7.11 Å². The summed E-state index contributed by atoms with van der Waals surface area (Å²) in [5, 5.41) is 11.5. The number of thiazole rings is 1. The third kappa shape index (κ3) is 2.48. The van der Waals surface area contributed by atoms with Crippen molar-refractivity contribution in [2.24, 2.45) is 0 Å². The highest BCUT2D eigenvalue weighted by Gasteiger charge is 2.16. The molecule has 0 unspecified atom stereocenters. The summed E-state index contributed by atoms with van der Waals surface area (Å²) in [6, 6.07) is 0. The van der Waals surface area contributed by atoms with Crippen LogP contribution in [-0.2, 0) is 16.0 Å². The molecule has 1 rings (SSSR count). The van der Waals surface area contributed by atoms with Crippen molar-refractivity contribution in [3.8, 4) is 0 Å². The third-order valence-corrected chi connectivity index (χ3v) is 2.09. The number of methoxy groups -OCH3 is 1. The molecule has 6 nitrogen and oxygen atoms in total. The first-order chi connectivity index (χ1) is 6.13. The van der Waals surface area contributed by atoms with Crippen LogP contribution in [0.4, 0.5) is 5.13 Å². The normalized spacial score (nSPS) is 9.62. The van der Waals surface area contributed by atoms with Crippen LogP contribution in [0.5, 0.6) is 0 Å². The molecule has 70 valence electrons. The van der Waals surface area contributed by atoms with Crippen molar-refractivity contribution >= 4 is 22.4 Å². The molecule has 0 N–H and O–H groups in total. The maximum atomic E-state index is 10.7. The van der Waals surface area contributed by atoms with Crippen LogP contribution >= 0.6 is 11.3 Å². The first-order valence-electron chi connectivity index (χ1n) is 3.29. The summed E-state index contributed by atoms with van der Waals surface area (Å²) in [5.41, 5.74) is 0.364. The van der Waals surface area contributed by atoms with Crippen LogP contribution in [-0.4, -0.2) is 23.0 Å². The van der Waals surface area contributed by atoms with Gasteiger partial charge in [-0.2, -0.15) is 0 Å². The van der Waals surface area contributed by atoms with Crippen molar-refractivity contribution in [1.82, 2.24) is 4.98 Å². The zero-order chi connectivity index (χ0) is 9.84. The molecule has 0 aromatic carbocycles. The average molecular weight is 202 g/mol. The number of hydrogen-bond acceptors (Lipinski definition) is 6. The van der Waals surface area contributed by atoms with Gasteiger partial charge in [-0.25, -0.2) is 0 Å². The minimum absolute atomic E-state index is 0.0269. The number of nitro groups is 1. The van der Waals surface area contributed by atoms with E-state index in [-0.39, 0.29) is 11.6 Å². The van der Waals surface area contributed by atoms with Gasteiger partial charge in [0.15, 0.2) is 5.69 Å². The fraction of sp³-hybridized carbons (Fsp3) is 0.333. The predicted molar refractivity (Wildman–Crippen MR) is 44.5 cm³/mol. The van der Waals surface area contributed by atoms with Crippen LogP contribution < -0.4 is 0 Å². The number of esters is 1. The van der Waals surface area contributed by atoms with Gasteiger partial charge < -0.3 is 14.9 Å². The summed E-state index contributed by atoms with van der Waals surface area (Å²) in [5.74, 6) is -0.458. The molecule has 7 heteroatoms. The lowest BCUT2D eigenvalue weighted by Gasteiger charge is -1.90. The second kappa shape index (κ2) is 3.94. The van der Waals surface area contributed by atoms with Gasteiger partial charge in [-0.3, -0.25) is 4.79 Å². The lowest BCUT2D eigenvalue weighted by molar-refractivity contribution is -0.384. The molecule has 0 fully saturated rings. The van der Waals surface area contributed by atoms with E-state index in [1.165, 1.54) is 12.5 Å². The molecule has 1 aromatic heterocycles. The van der Waals surface area contributed by atoms with E-state index in [2.05, 4.69) is 9.72 Å². The summed E-state index contributed by atoms with van der Waals surface area (Å²) in [6.07, 6.45) is -0.0269. The summed E-state index contributed by atoms with van der Waals surface area (Å²) in [7, 11) is 1.25. The quantitative estimate of drug-likeness (QED) is 0.410. The molecule has 0 saturated carbocycles. The highest BCUT2D eigenvalue weighted by molar-refractivity contribution is 7.12. The first-order valence-corrected chi connectivity index (χ1v) is 4.17. The Morgan fingerprint density at radius 3 is 3.00 bits per heavy atom. The maximum absolute atomic E-state index is 10.7. The fourth-order valence-corrected chi connectivity index (χ4v) is 1.31. The lowest BCUT2D eigenvalue weighted by Crippen LogP contribution is -2.04. The SMILES string of the molecule is COC(=O)Cc1csc([N+](=O)[O-])n1. The summed E-state index contributed by atoms with van der Waals surface area (Å²) >= 11 is 0.892. The molecule has 0 aliphatic carbocycles. The summed E-state index contributed by atoms with van der Waals surface area (Å²) in [6.45, 7) is 0. The first kappa shape index (κ1) is 9.59. The topological polar surface area (TPSA) is 82.3 Å². The smallest absolute Gasteiger partial charge is 0.423 e. The summed E-state index contributed by atoms with van der Waals surface area (Å²) in [4.78, 5) is 24.0. The number of rotatable bonds is 3. The van der Waals surface area contributed by atoms with Crippen LogP contribution in [0.15, 0.2) is 5.38 Å². The molecule has 0 saturated heterocycles. The van der Waals surface area contributed by atoms with E-state index in [0.29, 0.717) is 5.69 Å². The van der Waals surface area contributed by atoms with Gasteiger partial charge in [0.25, 0.3) is 0 Å². The van der Waals surface area contributed by atoms with Crippen molar-refractivity contribution in [3.63, 3.8) is 0 Å². The fourth-order valence-electron chi connectivity index (χ4n) is 0.681. The van der Waals surface area contributed by atoms with Gasteiger partial charge in [-0.1, -0.05) is 0 Å². The van der Waals surface area contributed by atoms with E-state index >= 15 is 0 Å². The molecule has 0 amide bonds. The van der Waals surface area contributed by atoms with E-state index in [9.17, 15) is 14.9 Å². The second-order valence-electron chi connectivity index (χ2n) is 2.13. The molecule has 0 radical (unpaired) electrons. The molecule has 0 bridgehead atoms. The van der Waals surface area contributed by atoms with Crippen LogP contribution in [0.1, 0.15) is 5.69 Å². The molecule has 13 heavy (non-hydrogen) atoms. The molecule has 0 atom stereocenters. The molecule has 1 aromatic rings. The van der Waals surface area contributed by atoms with Gasteiger partial charge in [0, 0.05) is 5.38 Å². The Kier molecular flexibility index (Phi) is 2.91. The molecule has 0 aliphatic rings. The second-order valence-corrected chi connectivity index (χ2v) is 2.97. The zero-order valence-electron chi connectivity index (χ0n) is 6.72. The number of nitrogens with zero attached hydrogens (tertiary/aromatic N) is 2. The van der Waals surface area contributed by atoms with Gasteiger partial charge in [0.1, 0.15) is 6.42 Å². The minimum Gasteiger partial charge on any atom is -0.469 e. The Morgan fingerprint density at radius 1 is 1.85 bits per heavy atom. The van der Waals surface area contributed by atoms with E-state index in [4.69, 9.17) is 0 Å². The Balaban J connectivity index is 2.69. The van der Waals surface area contributed by atoms with Gasteiger partial charge in [0.2, 0.25) is 0 Å². The van der Waals surface area contributed by atoms with Gasteiger partial charge in [-0.05, 0) is 21.2 Å². The molecule has 1 heterocycles. The van der Waals surface area contributed by atoms with Crippen LogP contribution in [0, 0.1) is 10.1 Å². The summed E-state index contributed by atoms with van der Waals surface area (Å²) < 4.78 is 4.38. The average Bonchev–Trinajstić information content (AvgIpc) is 2.52. The highest BCUT2D eigenvalue weighted by Crippen LogP contribution is 2.17. The van der Waals surface area contributed by atoms with E-state index < -0.39 is 10.9 Å². The van der Waals surface area contributed by atoms with Crippen molar-refractivity contribution in [1.29, 1.82) is 0 Å². The van der Waals surface area contributed by atoms with Crippen LogP contribution in [0.2, 0.25) is 0 Å². The standard InChI is InChI=1S/C6H6N2O4S/c1-12-5(9)2-4-3-13-6(7-4)8(10)11/h3H,2H2,1H3. The molecule has 0 aliphatic heterocycles. The Labute approximate surface area is 77.3 Å². The van der Waals surface area contributed by atoms with Crippen molar-refractivity contribution in [3.05, 3.63) is 21.2 Å². The van der Waals surface area contributed by atoms with E-state index in [1.807, 2.05) is 0 Å². The molecular formula is C6H6N2O4S. The maximum Gasteiger partial charge on any atom is 0.423 e. The zero-order valence-corrected chi connectivity index (χ0v) is 7.54. The van der Waals surface area contributed by atoms with E-state index in [1.54, 1.807) is 0 Å². The van der Waals surface area contributed by atoms with Gasteiger partial charge >= 0.3 is 11.1 Å². The minimum atomic E-state index is -0.592. The predicted octanol–water partition coefficient (Wildman–Crippen LogP) is 0.767. The Hall–Kier alpha value is -1.50. The van der Waals surface area contributed by atoms with Crippen molar-refractivity contribution in [2.75, 3.05) is 7.11 Å². The van der Waals surface area contributed by atoms with Crippen molar-refractivity contribution in [2.45, 2.75) is 6.42 Å². The van der Waals surface area contributed by atoms with Crippen LogP contribution in [0.3, 0.4) is 0 Å². The Bertz CT molecular complexity index is 335. The lowest BCUT2D eigenvalue weighted by atomic mass is 10.3. The van der Waals surface area contributed by atoms with Crippen LogP contribution in [0.25, 0.3) is 0 Å². The number of hydrogen-bond donors (Lipinski definition) is 0. The van der Waals surface area contributed by atoms with Gasteiger partial charge in [-0.15, -0.1) is 0 Å². The molecule has 0 spiro atoms. The van der Waals surface area contributed by atoms with Crippen molar-refractivity contribution < 1.29 is 14.5 Å². The Morgan fingerprint density at radius 2 is 2.54 bits per heavy atom. The number of carbonyl (C=O) groups excluding carboxylic acids is 1. The highest BCUT2D eigenvalue weighted by atomic mass is 32.1. The third-order valence-electron chi connectivity index (χ3n) is 1.25.